The Bertz CT molecular complexity index is 106. The molecule has 0 heterocycles. The van der Waals surface area contributed by atoms with Gasteiger partial charge in [0, 0.05) is 0 Å². The second-order valence-corrected chi connectivity index (χ2v) is 0.830. The van der Waals surface area contributed by atoms with Crippen LogP contribution >= 0.6 is 0 Å². The molecule has 0 saturated heterocycles. The number of halogens is 3. The fraction of sp³-hybridized carbons (Fsp3) is 1.00. The lowest BCUT2D eigenvalue weighted by Gasteiger charge is -1.97. The minimum atomic E-state index is -5.13. The standard InChI is InChI=1S/CHF3N2O2/c2-1(3,4)6(8)5-7/h7H. The average molecular weight is 130 g/mol. The Morgan fingerprint density at radius 1 is 1.50 bits per heavy atom. The molecule has 0 aliphatic carbocycles. The number of alkyl halides is 3. The summed E-state index contributed by atoms with van der Waals surface area (Å²) in [5, 5.41) is 17.7. The highest BCUT2D eigenvalue weighted by Crippen LogP contribution is 2.14. The van der Waals surface area contributed by atoms with E-state index in [1.807, 2.05) is 0 Å². The minimum Gasteiger partial charge on any atom is -0.590 e. The highest BCUT2D eigenvalue weighted by Gasteiger charge is 2.43. The molecular weight excluding hydrogens is 129 g/mol. The van der Waals surface area contributed by atoms with Crippen LogP contribution in [0.1, 0.15) is 0 Å². The molecule has 0 saturated carbocycles. The molecule has 0 fully saturated rings. The zero-order chi connectivity index (χ0) is 6.78. The van der Waals surface area contributed by atoms with Gasteiger partial charge in [0.15, 0.2) is 0 Å². The molecule has 1 N–H and O–H groups in total. The van der Waals surface area contributed by atoms with Gasteiger partial charge in [0.05, 0.1) is 4.86 Å². The minimum absolute atomic E-state index is 1.31. The molecular formula is CHF3N2O2. The van der Waals surface area contributed by atoms with Crippen LogP contribution in [-0.2, 0) is 0 Å². The molecule has 0 bridgehead atoms. The second kappa shape index (κ2) is 1.85. The van der Waals surface area contributed by atoms with Gasteiger partial charge in [-0.25, -0.2) is 0 Å². The molecule has 0 aliphatic heterocycles. The van der Waals surface area contributed by atoms with Gasteiger partial charge in [-0.15, -0.1) is 13.2 Å². The molecule has 0 aromatic rings. The summed E-state index contributed by atoms with van der Waals surface area (Å²) in [6, 6.07) is 0. The summed E-state index contributed by atoms with van der Waals surface area (Å²) in [6.07, 6.45) is -5.13. The van der Waals surface area contributed by atoms with Crippen LogP contribution in [0, 0.1) is 5.21 Å². The number of hydrogen-bond acceptors (Lipinski definition) is 2. The van der Waals surface area contributed by atoms with Crippen molar-refractivity contribution < 1.29 is 23.2 Å². The monoisotopic (exact) mass is 130 g/mol. The lowest BCUT2D eigenvalue weighted by molar-refractivity contribution is -0.728. The van der Waals surface area contributed by atoms with Crippen molar-refractivity contribution in [2.45, 2.75) is 6.30 Å². The van der Waals surface area contributed by atoms with Gasteiger partial charge in [0.1, 0.15) is 0 Å². The van der Waals surface area contributed by atoms with Crippen LogP contribution in [-0.4, -0.2) is 16.4 Å². The summed E-state index contributed by atoms with van der Waals surface area (Å²) in [5.74, 6) is 0. The van der Waals surface area contributed by atoms with Crippen LogP contribution in [0.4, 0.5) is 13.2 Å². The SMILES string of the molecule is [O-][N+](=NO)C(F)(F)F. The molecule has 0 aromatic carbocycles. The Labute approximate surface area is 41.4 Å². The van der Waals surface area contributed by atoms with Crippen molar-refractivity contribution in [3.8, 4) is 0 Å². The molecule has 0 spiro atoms. The van der Waals surface area contributed by atoms with Crippen molar-refractivity contribution in [3.05, 3.63) is 5.21 Å². The molecule has 48 valence electrons. The smallest absolute Gasteiger partial charge is 0.590 e. The van der Waals surface area contributed by atoms with E-state index in [2.05, 4.69) is 0 Å². The predicted octanol–water partition coefficient (Wildman–Crippen LogP) is 0.858. The third kappa shape index (κ3) is 1.63. The maximum atomic E-state index is 10.8. The fourth-order valence-electron chi connectivity index (χ4n) is 0.0507. The zero-order valence-corrected chi connectivity index (χ0v) is 3.38. The maximum Gasteiger partial charge on any atom is 0.671 e. The van der Waals surface area contributed by atoms with E-state index in [1.165, 1.54) is 5.28 Å². The van der Waals surface area contributed by atoms with E-state index in [1.54, 1.807) is 0 Å². The lowest BCUT2D eigenvalue weighted by atomic mass is 11.2. The highest BCUT2D eigenvalue weighted by atomic mass is 19.4. The summed E-state index contributed by atoms with van der Waals surface area (Å²) in [7, 11) is 0. The quantitative estimate of drug-likeness (QED) is 0.229. The Balaban J connectivity index is 4.03. The van der Waals surface area contributed by atoms with Crippen LogP contribution in [0.5, 0.6) is 0 Å². The predicted molar refractivity (Wildman–Crippen MR) is 13.9 cm³/mol. The van der Waals surface area contributed by atoms with Crippen LogP contribution < -0.4 is 0 Å². The summed E-state index contributed by atoms with van der Waals surface area (Å²) < 4.78 is 32.4. The molecule has 0 radical (unpaired) electrons. The van der Waals surface area contributed by atoms with Gasteiger partial charge in [0.2, 0.25) is 5.28 Å². The molecule has 0 amide bonds. The Morgan fingerprint density at radius 2 is 1.88 bits per heavy atom. The maximum absolute atomic E-state index is 10.8. The van der Waals surface area contributed by atoms with Crippen LogP contribution in [0.2, 0.25) is 0 Å². The van der Waals surface area contributed by atoms with Crippen LogP contribution in [0.15, 0.2) is 5.28 Å². The third-order valence-electron chi connectivity index (χ3n) is 0.298. The first-order valence-corrected chi connectivity index (χ1v) is 1.37. The van der Waals surface area contributed by atoms with E-state index in [0.717, 1.165) is 0 Å². The van der Waals surface area contributed by atoms with E-state index in [4.69, 9.17) is 5.21 Å². The van der Waals surface area contributed by atoms with Crippen molar-refractivity contribution in [2.24, 2.45) is 5.28 Å². The van der Waals surface area contributed by atoms with E-state index in [-0.39, 0.29) is 0 Å². The van der Waals surface area contributed by atoms with Gasteiger partial charge in [0.25, 0.3) is 0 Å². The van der Waals surface area contributed by atoms with Gasteiger partial charge in [-0.05, 0) is 0 Å². The topological polar surface area (TPSA) is 58.7 Å². The fourth-order valence-corrected chi connectivity index (χ4v) is 0.0507. The summed E-state index contributed by atoms with van der Waals surface area (Å²) in [6.45, 7) is 0. The normalized spacial score (nSPS) is 14.1. The first kappa shape index (κ1) is 6.99. The molecule has 0 aromatic heterocycles. The third-order valence-corrected chi connectivity index (χ3v) is 0.298. The zero-order valence-electron chi connectivity index (χ0n) is 3.38. The Morgan fingerprint density at radius 3 is 1.88 bits per heavy atom. The van der Waals surface area contributed by atoms with E-state index >= 15 is 0 Å². The van der Waals surface area contributed by atoms with Gasteiger partial charge < -0.3 is 10.4 Å². The van der Waals surface area contributed by atoms with Gasteiger partial charge in [-0.3, -0.25) is 0 Å². The molecule has 0 atom stereocenters. The van der Waals surface area contributed by atoms with Gasteiger partial charge in [-0.2, -0.15) is 0 Å². The summed E-state index contributed by atoms with van der Waals surface area (Å²) in [4.78, 5) is -1.76. The first-order chi connectivity index (χ1) is 3.48. The summed E-state index contributed by atoms with van der Waals surface area (Å²) >= 11 is 0. The van der Waals surface area contributed by atoms with E-state index in [0.29, 0.717) is 0 Å². The molecule has 8 heavy (non-hydrogen) atoms. The molecule has 4 nitrogen and oxygen atoms in total. The first-order valence-electron chi connectivity index (χ1n) is 1.37. The van der Waals surface area contributed by atoms with Crippen molar-refractivity contribution in [3.63, 3.8) is 0 Å². The number of hydrogen-bond donors (Lipinski definition) is 1. The van der Waals surface area contributed by atoms with Crippen molar-refractivity contribution >= 4 is 0 Å². The van der Waals surface area contributed by atoms with Crippen LogP contribution in [0.25, 0.3) is 0 Å². The number of nitrogens with zero attached hydrogens (tertiary/aromatic N) is 2. The van der Waals surface area contributed by atoms with Crippen molar-refractivity contribution in [2.75, 3.05) is 0 Å². The molecule has 0 aliphatic rings. The van der Waals surface area contributed by atoms with E-state index in [9.17, 15) is 18.4 Å². The summed E-state index contributed by atoms with van der Waals surface area (Å²) in [5.41, 5.74) is 0. The van der Waals surface area contributed by atoms with E-state index < -0.39 is 11.2 Å². The molecule has 7 heteroatoms. The largest absolute Gasteiger partial charge is 0.671 e. The molecule has 0 unspecified atom stereocenters. The number of hydroxylamine groups is 1. The lowest BCUT2D eigenvalue weighted by Crippen LogP contribution is -2.21. The van der Waals surface area contributed by atoms with Crippen molar-refractivity contribution in [1.29, 1.82) is 0 Å². The van der Waals surface area contributed by atoms with Gasteiger partial charge >= 0.3 is 6.30 Å². The average Bonchev–Trinajstić information content (AvgIpc) is 1.62. The Hall–Kier alpha value is -1.01. The Kier molecular flexibility index (Phi) is 1.61. The highest BCUT2D eigenvalue weighted by molar-refractivity contribution is 4.16. The van der Waals surface area contributed by atoms with Crippen molar-refractivity contribution in [1.82, 2.24) is 0 Å². The van der Waals surface area contributed by atoms with Gasteiger partial charge in [-0.1, -0.05) is 0 Å². The van der Waals surface area contributed by atoms with Crippen LogP contribution in [0.3, 0.4) is 0 Å². The second-order valence-electron chi connectivity index (χ2n) is 0.830. The molecule has 0 rings (SSSR count). The number of rotatable bonds is 0.